The van der Waals surface area contributed by atoms with Crippen LogP contribution in [0.15, 0.2) is 125 Å². The third-order valence-corrected chi connectivity index (χ3v) is 14.3. The van der Waals surface area contributed by atoms with Gasteiger partial charge in [-0.15, -0.1) is 0 Å². The number of ether oxygens (including phenoxy) is 1. The van der Waals surface area contributed by atoms with E-state index in [1.54, 1.807) is 11.8 Å². The van der Waals surface area contributed by atoms with Crippen LogP contribution in [0.25, 0.3) is 11.1 Å². The minimum absolute atomic E-state index is 0.888. The molecule has 0 fully saturated rings. The normalized spacial score (nSPS) is 14.5. The third kappa shape index (κ3) is 4.13. The smallest absolute Gasteiger partial charge is 0.197 e. The minimum Gasteiger partial charge on any atom is -0.455 e. The number of anilines is 5. The van der Waals surface area contributed by atoms with Gasteiger partial charge in [-0.1, -0.05) is 103 Å². The zero-order valence-corrected chi connectivity index (χ0v) is 28.1. The second-order valence-corrected chi connectivity index (χ2v) is 18.5. The Morgan fingerprint density at radius 1 is 0.674 bits per heavy atom. The quantitative estimate of drug-likeness (QED) is 0.199. The maximum atomic E-state index is 6.57. The fraction of sp³-hybridized carbons (Fsp3) is 0.100. The SMILES string of the molecule is Cc1cc(-c2cc3c(cc2Nc2ccccc2C)Sc2ccccc2O3)c2c(c1)N1c3ccccc3[Si](C)(C)c3cccc(c31)[B]2. The second kappa shape index (κ2) is 10.2. The number of nitrogens with zero attached hydrogens (tertiary/aromatic N) is 1. The Morgan fingerprint density at radius 2 is 1.46 bits per heavy atom. The number of hydrogen-bond donors (Lipinski definition) is 1. The molecule has 3 heterocycles. The lowest BCUT2D eigenvalue weighted by molar-refractivity contribution is 0.455. The molecular weight excluding hydrogens is 595 g/mol. The van der Waals surface area contributed by atoms with Crippen LogP contribution in [0.4, 0.5) is 28.4 Å². The number of benzene rings is 6. The lowest BCUT2D eigenvalue weighted by Gasteiger charge is -2.45. The summed E-state index contributed by atoms with van der Waals surface area (Å²) in [6.07, 6.45) is 0. The van der Waals surface area contributed by atoms with Crippen molar-refractivity contribution < 1.29 is 4.74 Å². The topological polar surface area (TPSA) is 24.5 Å². The molecule has 3 aliphatic rings. The van der Waals surface area contributed by atoms with Crippen molar-refractivity contribution in [3.8, 4) is 22.6 Å². The standard InChI is InChI=1S/C40H32BN2OSSi/c1-24-20-27(39-32(21-24)43-31-15-7-10-18-37(31)46(3,4)38-19-11-13-28(41-39)40(38)43)26-22-34-36(45-35-17-9-8-16-33(35)44-34)23-30(26)42-29-14-6-5-12-25(29)2/h5-23,42H,1-4H3. The van der Waals surface area contributed by atoms with Crippen molar-refractivity contribution in [2.75, 3.05) is 10.2 Å². The van der Waals surface area contributed by atoms with Gasteiger partial charge in [0.15, 0.2) is 7.28 Å². The van der Waals surface area contributed by atoms with Gasteiger partial charge >= 0.3 is 0 Å². The molecule has 0 unspecified atom stereocenters. The molecule has 3 nitrogen and oxygen atoms in total. The van der Waals surface area contributed by atoms with Gasteiger partial charge in [-0.25, -0.2) is 0 Å². The summed E-state index contributed by atoms with van der Waals surface area (Å²) >= 11 is 1.77. The fourth-order valence-electron chi connectivity index (χ4n) is 7.40. The molecule has 9 rings (SSSR count). The van der Waals surface area contributed by atoms with E-state index in [9.17, 15) is 0 Å². The Morgan fingerprint density at radius 3 is 2.35 bits per heavy atom. The molecule has 1 N–H and O–H groups in total. The zero-order chi connectivity index (χ0) is 31.2. The Labute approximate surface area is 276 Å². The Kier molecular flexibility index (Phi) is 6.12. The zero-order valence-electron chi connectivity index (χ0n) is 26.3. The number of fused-ring (bicyclic) bond motifs is 6. The van der Waals surface area contributed by atoms with Crippen LogP contribution in [-0.2, 0) is 0 Å². The number of rotatable bonds is 3. The molecular formula is C40H32BN2OSSi. The molecule has 6 heteroatoms. The molecule has 0 saturated heterocycles. The number of hydrogen-bond acceptors (Lipinski definition) is 4. The van der Waals surface area contributed by atoms with E-state index in [4.69, 9.17) is 4.74 Å². The van der Waals surface area contributed by atoms with Crippen LogP contribution < -0.4 is 36.3 Å². The van der Waals surface area contributed by atoms with Gasteiger partial charge in [0.1, 0.15) is 19.6 Å². The first-order chi connectivity index (χ1) is 22.4. The summed E-state index contributed by atoms with van der Waals surface area (Å²) in [6.45, 7) is 9.35. The number of para-hydroxylation sites is 4. The minimum atomic E-state index is -1.89. The van der Waals surface area contributed by atoms with Gasteiger partial charge in [0.05, 0.1) is 9.79 Å². The van der Waals surface area contributed by atoms with Crippen molar-refractivity contribution >= 4 is 76.9 Å². The molecule has 6 aromatic rings. The summed E-state index contributed by atoms with van der Waals surface area (Å²) in [6, 6.07) is 42.0. The number of nitrogens with one attached hydrogen (secondary N) is 1. The first-order valence-electron chi connectivity index (χ1n) is 15.9. The lowest BCUT2D eigenvalue weighted by Crippen LogP contribution is -2.62. The predicted octanol–water partition coefficient (Wildman–Crippen LogP) is 8.55. The van der Waals surface area contributed by atoms with E-state index in [-0.39, 0.29) is 0 Å². The summed E-state index contributed by atoms with van der Waals surface area (Å²) < 4.78 is 6.57. The summed E-state index contributed by atoms with van der Waals surface area (Å²) in [5, 5.41) is 6.82. The van der Waals surface area contributed by atoms with Gasteiger partial charge in [-0.2, -0.15) is 0 Å². The highest BCUT2D eigenvalue weighted by atomic mass is 32.2. The van der Waals surface area contributed by atoms with Crippen molar-refractivity contribution in [1.29, 1.82) is 0 Å². The summed E-state index contributed by atoms with van der Waals surface area (Å²) in [5.74, 6) is 1.79. The molecule has 0 aliphatic carbocycles. The van der Waals surface area contributed by atoms with Crippen LogP contribution in [0, 0.1) is 13.8 Å². The van der Waals surface area contributed by atoms with E-state index in [1.165, 1.54) is 55.1 Å². The van der Waals surface area contributed by atoms with Crippen molar-refractivity contribution in [3.05, 3.63) is 126 Å². The van der Waals surface area contributed by atoms with Crippen molar-refractivity contribution in [2.24, 2.45) is 0 Å². The van der Waals surface area contributed by atoms with E-state index in [2.05, 4.69) is 154 Å². The van der Waals surface area contributed by atoms with Crippen LogP contribution in [0.2, 0.25) is 13.1 Å². The number of aryl methyl sites for hydroxylation is 2. The van der Waals surface area contributed by atoms with Gasteiger partial charge in [0.25, 0.3) is 0 Å². The summed E-state index contributed by atoms with van der Waals surface area (Å²) in [5.41, 5.74) is 13.3. The Hall–Kier alpha value is -4.65. The average Bonchev–Trinajstić information content (AvgIpc) is 3.06. The maximum absolute atomic E-state index is 6.57. The van der Waals surface area contributed by atoms with Crippen LogP contribution >= 0.6 is 11.8 Å². The van der Waals surface area contributed by atoms with E-state index < -0.39 is 8.07 Å². The monoisotopic (exact) mass is 627 g/mol. The van der Waals surface area contributed by atoms with Gasteiger partial charge in [-0.3, -0.25) is 0 Å². The van der Waals surface area contributed by atoms with Crippen molar-refractivity contribution in [2.45, 2.75) is 36.7 Å². The van der Waals surface area contributed by atoms with Gasteiger partial charge < -0.3 is 15.0 Å². The highest BCUT2D eigenvalue weighted by Crippen LogP contribution is 2.51. The summed E-state index contributed by atoms with van der Waals surface area (Å²) in [7, 11) is 0.523. The largest absolute Gasteiger partial charge is 0.455 e. The molecule has 0 bridgehead atoms. The highest BCUT2D eigenvalue weighted by Gasteiger charge is 2.42. The molecule has 6 aromatic carbocycles. The van der Waals surface area contributed by atoms with Crippen LogP contribution in [-0.4, -0.2) is 15.4 Å². The van der Waals surface area contributed by atoms with Gasteiger partial charge in [-0.05, 0) is 88.8 Å². The molecule has 1 radical (unpaired) electrons. The van der Waals surface area contributed by atoms with Crippen LogP contribution in [0.1, 0.15) is 11.1 Å². The fourth-order valence-corrected chi connectivity index (χ4v) is 11.4. The third-order valence-electron chi connectivity index (χ3n) is 9.70. The lowest BCUT2D eigenvalue weighted by atomic mass is 9.58. The van der Waals surface area contributed by atoms with Gasteiger partial charge in [0, 0.05) is 34.0 Å². The molecule has 0 aromatic heterocycles. The molecule has 0 spiro atoms. The van der Waals surface area contributed by atoms with E-state index >= 15 is 0 Å². The second-order valence-electron chi connectivity index (χ2n) is 13.0. The predicted molar refractivity (Wildman–Crippen MR) is 198 cm³/mol. The molecule has 0 atom stereocenters. The van der Waals surface area contributed by atoms with Crippen molar-refractivity contribution in [3.63, 3.8) is 0 Å². The maximum Gasteiger partial charge on any atom is 0.197 e. The molecule has 46 heavy (non-hydrogen) atoms. The molecule has 0 saturated carbocycles. The molecule has 0 amide bonds. The first-order valence-corrected chi connectivity index (χ1v) is 19.7. The highest BCUT2D eigenvalue weighted by molar-refractivity contribution is 7.99. The van der Waals surface area contributed by atoms with Crippen LogP contribution in [0.5, 0.6) is 11.5 Å². The first kappa shape index (κ1) is 27.6. The Bertz CT molecular complexity index is 2250. The van der Waals surface area contributed by atoms with E-state index in [0.717, 1.165) is 38.2 Å². The molecule has 3 aliphatic heterocycles. The van der Waals surface area contributed by atoms with E-state index in [0.29, 0.717) is 0 Å². The summed E-state index contributed by atoms with van der Waals surface area (Å²) in [4.78, 5) is 4.78. The molecule has 221 valence electrons. The average molecular weight is 628 g/mol. The van der Waals surface area contributed by atoms with Crippen LogP contribution in [0.3, 0.4) is 0 Å². The van der Waals surface area contributed by atoms with E-state index in [1.807, 2.05) is 6.07 Å². The Balaban J connectivity index is 1.29. The van der Waals surface area contributed by atoms with Crippen molar-refractivity contribution in [1.82, 2.24) is 0 Å². The van der Waals surface area contributed by atoms with Gasteiger partial charge in [0.2, 0.25) is 0 Å².